The minimum Gasteiger partial charge on any atom is -0.497 e. The van der Waals surface area contributed by atoms with Gasteiger partial charge in [0.25, 0.3) is 0 Å². The smallest absolute Gasteiger partial charge is 0.191 e. The molecule has 1 saturated carbocycles. The van der Waals surface area contributed by atoms with E-state index >= 15 is 0 Å². The number of nitrogens with zero attached hydrogens (tertiary/aromatic N) is 2. The Kier molecular flexibility index (Phi) is 11.2. The van der Waals surface area contributed by atoms with Gasteiger partial charge in [0, 0.05) is 58.2 Å². The summed E-state index contributed by atoms with van der Waals surface area (Å²) in [4.78, 5) is 6.92. The Morgan fingerprint density at radius 1 is 1.26 bits per heavy atom. The van der Waals surface area contributed by atoms with Crippen LogP contribution in [0.4, 0.5) is 5.69 Å². The average molecular weight is 545 g/mol. The Balaban J connectivity index is 0.00000341. The highest BCUT2D eigenvalue weighted by Crippen LogP contribution is 2.40. The zero-order chi connectivity index (χ0) is 21.2. The van der Waals surface area contributed by atoms with E-state index in [4.69, 9.17) is 9.47 Å². The average Bonchev–Trinajstić information content (AvgIpc) is 3.44. The summed E-state index contributed by atoms with van der Waals surface area (Å²) in [5.41, 5.74) is 1.61. The second-order valence-electron chi connectivity index (χ2n) is 8.76. The zero-order valence-corrected chi connectivity index (χ0v) is 21.8. The molecule has 2 fully saturated rings. The van der Waals surface area contributed by atoms with Gasteiger partial charge in [0.2, 0.25) is 0 Å². The predicted molar refractivity (Wildman–Crippen MR) is 140 cm³/mol. The molecule has 2 aliphatic rings. The van der Waals surface area contributed by atoms with Gasteiger partial charge >= 0.3 is 0 Å². The maximum atomic E-state index is 5.64. The van der Waals surface area contributed by atoms with E-state index < -0.39 is 0 Å². The molecule has 1 aromatic carbocycles. The number of aliphatic imine (C=N–C) groups is 1. The number of methoxy groups -OCH3 is 1. The molecule has 176 valence electrons. The van der Waals surface area contributed by atoms with E-state index in [1.165, 1.54) is 37.8 Å². The lowest BCUT2D eigenvalue weighted by atomic mass is 9.83. The van der Waals surface area contributed by atoms with E-state index in [0.29, 0.717) is 11.3 Å². The van der Waals surface area contributed by atoms with Gasteiger partial charge in [-0.15, -0.1) is 24.0 Å². The first-order valence-corrected chi connectivity index (χ1v) is 11.6. The Morgan fingerprint density at radius 3 is 2.77 bits per heavy atom. The van der Waals surface area contributed by atoms with Crippen LogP contribution >= 0.6 is 24.0 Å². The Bertz CT molecular complexity index is 679. The number of ether oxygens (including phenoxy) is 2. The molecular weight excluding hydrogens is 503 g/mol. The van der Waals surface area contributed by atoms with Crippen molar-refractivity contribution in [2.45, 2.75) is 45.4 Å². The lowest BCUT2D eigenvalue weighted by molar-refractivity contribution is 0.105. The summed E-state index contributed by atoms with van der Waals surface area (Å²) in [6.07, 6.45) is 7.59. The lowest BCUT2D eigenvalue weighted by Gasteiger charge is -2.30. The third-order valence-corrected chi connectivity index (χ3v) is 6.76. The minimum atomic E-state index is 0. The number of benzene rings is 1. The highest BCUT2D eigenvalue weighted by atomic mass is 127. The minimum absolute atomic E-state index is 0. The fraction of sp³-hybridized carbons (Fsp3) is 0.708. The molecule has 0 spiro atoms. The van der Waals surface area contributed by atoms with Gasteiger partial charge in [-0.2, -0.15) is 0 Å². The second-order valence-corrected chi connectivity index (χ2v) is 8.76. The fourth-order valence-corrected chi connectivity index (χ4v) is 4.85. The molecule has 7 heteroatoms. The molecule has 1 aromatic rings. The van der Waals surface area contributed by atoms with Gasteiger partial charge in [0.1, 0.15) is 5.75 Å². The molecule has 6 nitrogen and oxygen atoms in total. The van der Waals surface area contributed by atoms with Gasteiger partial charge in [-0.25, -0.2) is 0 Å². The summed E-state index contributed by atoms with van der Waals surface area (Å²) in [5, 5.41) is 7.18. The van der Waals surface area contributed by atoms with E-state index in [1.807, 2.05) is 13.1 Å². The van der Waals surface area contributed by atoms with Crippen molar-refractivity contribution in [1.29, 1.82) is 0 Å². The van der Waals surface area contributed by atoms with Crippen LogP contribution in [-0.4, -0.2) is 59.5 Å². The molecular formula is C24H41IN4O2. The van der Waals surface area contributed by atoms with E-state index in [2.05, 4.69) is 45.6 Å². The van der Waals surface area contributed by atoms with Crippen molar-refractivity contribution >= 4 is 35.6 Å². The molecule has 3 rings (SSSR count). The Labute approximate surface area is 205 Å². The highest BCUT2D eigenvalue weighted by Gasteiger charge is 2.33. The van der Waals surface area contributed by atoms with E-state index in [-0.39, 0.29) is 24.0 Å². The van der Waals surface area contributed by atoms with Gasteiger partial charge in [0.05, 0.1) is 7.11 Å². The van der Waals surface area contributed by atoms with Gasteiger partial charge in [-0.3, -0.25) is 4.99 Å². The predicted octanol–water partition coefficient (Wildman–Crippen LogP) is 4.29. The first-order valence-electron chi connectivity index (χ1n) is 11.6. The number of halogens is 1. The summed E-state index contributed by atoms with van der Waals surface area (Å²) in [6.45, 7) is 7.84. The molecule has 0 radical (unpaired) electrons. The van der Waals surface area contributed by atoms with Crippen LogP contribution in [0.5, 0.6) is 5.75 Å². The molecule has 2 N–H and O–H groups in total. The topological polar surface area (TPSA) is 58.1 Å². The molecule has 0 bridgehead atoms. The van der Waals surface area contributed by atoms with Crippen LogP contribution in [0.1, 0.15) is 45.4 Å². The number of anilines is 1. The van der Waals surface area contributed by atoms with Crippen molar-refractivity contribution in [3.05, 3.63) is 24.3 Å². The van der Waals surface area contributed by atoms with Crippen molar-refractivity contribution in [3.63, 3.8) is 0 Å². The standard InChI is InChI=1S/C24H40N4O2.HI/c1-4-30-15-13-24(11-5-6-12-24)19-27-23(25-2)26-17-20-10-14-28(18-20)21-8-7-9-22(16-21)29-3;/h7-9,16,20H,4-6,10-15,17-19H2,1-3H3,(H2,25,26,27);1H. The molecule has 0 amide bonds. The summed E-state index contributed by atoms with van der Waals surface area (Å²) < 4.78 is 11.0. The van der Waals surface area contributed by atoms with Crippen LogP contribution < -0.4 is 20.3 Å². The highest BCUT2D eigenvalue weighted by molar-refractivity contribution is 14.0. The Morgan fingerprint density at radius 2 is 2.06 bits per heavy atom. The van der Waals surface area contributed by atoms with Crippen molar-refractivity contribution in [2.75, 3.05) is 58.5 Å². The monoisotopic (exact) mass is 544 g/mol. The van der Waals surface area contributed by atoms with Gasteiger partial charge in [-0.05, 0) is 56.1 Å². The molecule has 1 unspecified atom stereocenters. The summed E-state index contributed by atoms with van der Waals surface area (Å²) >= 11 is 0. The Hall–Kier alpha value is -1.22. The van der Waals surface area contributed by atoms with Gasteiger partial charge in [0.15, 0.2) is 5.96 Å². The SMILES string of the molecule is CCOCCC1(CNC(=NC)NCC2CCN(c3cccc(OC)c3)C2)CCCC1.I. The normalized spacial score (nSPS) is 20.4. The van der Waals surface area contributed by atoms with Crippen LogP contribution in [0, 0.1) is 11.3 Å². The fourth-order valence-electron chi connectivity index (χ4n) is 4.85. The molecule has 1 saturated heterocycles. The summed E-state index contributed by atoms with van der Waals surface area (Å²) in [5.74, 6) is 2.47. The number of hydrogen-bond donors (Lipinski definition) is 2. The van der Waals surface area contributed by atoms with Crippen molar-refractivity contribution in [3.8, 4) is 5.75 Å². The molecule has 1 heterocycles. The maximum absolute atomic E-state index is 5.64. The van der Waals surface area contributed by atoms with Gasteiger partial charge < -0.3 is 25.0 Å². The molecule has 0 aromatic heterocycles. The number of guanidine groups is 1. The van der Waals surface area contributed by atoms with Crippen LogP contribution in [0.15, 0.2) is 29.3 Å². The van der Waals surface area contributed by atoms with E-state index in [1.54, 1.807) is 7.11 Å². The first kappa shape index (κ1) is 26.0. The molecule has 1 aliphatic carbocycles. The van der Waals surface area contributed by atoms with Crippen molar-refractivity contribution < 1.29 is 9.47 Å². The van der Waals surface area contributed by atoms with Crippen LogP contribution in [0.3, 0.4) is 0 Å². The maximum Gasteiger partial charge on any atom is 0.191 e. The second kappa shape index (κ2) is 13.4. The van der Waals surface area contributed by atoms with Gasteiger partial charge in [-0.1, -0.05) is 18.9 Å². The molecule has 1 atom stereocenters. The molecule has 1 aliphatic heterocycles. The third-order valence-electron chi connectivity index (χ3n) is 6.76. The van der Waals surface area contributed by atoms with Crippen molar-refractivity contribution in [1.82, 2.24) is 10.6 Å². The van der Waals surface area contributed by atoms with Crippen molar-refractivity contribution in [2.24, 2.45) is 16.3 Å². The first-order chi connectivity index (χ1) is 14.7. The zero-order valence-electron chi connectivity index (χ0n) is 19.5. The quantitative estimate of drug-likeness (QED) is 0.199. The van der Waals surface area contributed by atoms with E-state index in [9.17, 15) is 0 Å². The van der Waals surface area contributed by atoms with E-state index in [0.717, 1.165) is 57.5 Å². The third kappa shape index (κ3) is 7.70. The number of hydrogen-bond acceptors (Lipinski definition) is 4. The summed E-state index contributed by atoms with van der Waals surface area (Å²) in [6, 6.07) is 8.36. The summed E-state index contributed by atoms with van der Waals surface area (Å²) in [7, 11) is 3.59. The number of rotatable bonds is 10. The van der Waals surface area contributed by atoms with Crippen LogP contribution in [-0.2, 0) is 4.74 Å². The lowest BCUT2D eigenvalue weighted by Crippen LogP contribution is -2.45. The van der Waals surface area contributed by atoms with Crippen LogP contribution in [0.2, 0.25) is 0 Å². The number of nitrogens with one attached hydrogen (secondary N) is 2. The van der Waals surface area contributed by atoms with Crippen LogP contribution in [0.25, 0.3) is 0 Å². The molecule has 31 heavy (non-hydrogen) atoms. The largest absolute Gasteiger partial charge is 0.497 e.